The molecule has 0 atom stereocenters. The topological polar surface area (TPSA) is 0 Å². The maximum Gasteiger partial charge on any atom is -0.00387 e. The quantitative estimate of drug-likeness (QED) is 0.586. The maximum absolute atomic E-state index is 4.44. The third-order valence-electron chi connectivity index (χ3n) is 3.14. The van der Waals surface area contributed by atoms with Crippen LogP contribution in [0.5, 0.6) is 0 Å². The van der Waals surface area contributed by atoms with Gasteiger partial charge in [-0.3, -0.25) is 0 Å². The van der Waals surface area contributed by atoms with Crippen LogP contribution in [-0.2, 0) is 0 Å². The molecular weight excluding hydrogens is 140 g/mol. The third-order valence-corrected chi connectivity index (χ3v) is 3.77. The van der Waals surface area contributed by atoms with Gasteiger partial charge in [0, 0.05) is 0 Å². The van der Waals surface area contributed by atoms with Crippen LogP contribution in [0.4, 0.5) is 0 Å². The summed E-state index contributed by atoms with van der Waals surface area (Å²) in [6.45, 7) is 4.67. The summed E-state index contributed by atoms with van der Waals surface area (Å²) in [5.41, 5.74) is 0.600. The minimum atomic E-state index is 0.600. The highest BCUT2D eigenvalue weighted by atomic mass is 32.1. The molecule has 0 radical (unpaired) electrons. The van der Waals surface area contributed by atoms with Crippen molar-refractivity contribution in [1.82, 2.24) is 0 Å². The van der Waals surface area contributed by atoms with E-state index < -0.39 is 0 Å². The van der Waals surface area contributed by atoms with Crippen molar-refractivity contribution in [3.63, 3.8) is 0 Å². The van der Waals surface area contributed by atoms with Gasteiger partial charge in [0.25, 0.3) is 0 Å². The summed E-state index contributed by atoms with van der Waals surface area (Å²) < 4.78 is 0. The van der Waals surface area contributed by atoms with Gasteiger partial charge in [-0.2, -0.15) is 12.6 Å². The van der Waals surface area contributed by atoms with E-state index in [9.17, 15) is 0 Å². The van der Waals surface area contributed by atoms with E-state index in [0.717, 1.165) is 11.7 Å². The van der Waals surface area contributed by atoms with Gasteiger partial charge in [-0.15, -0.1) is 0 Å². The summed E-state index contributed by atoms with van der Waals surface area (Å²) in [4.78, 5) is 0. The smallest absolute Gasteiger partial charge is 0.00387 e. The highest BCUT2D eigenvalue weighted by molar-refractivity contribution is 7.80. The summed E-state index contributed by atoms with van der Waals surface area (Å²) in [5, 5.41) is 0. The fourth-order valence-corrected chi connectivity index (χ4v) is 2.68. The molecule has 1 fully saturated rings. The lowest BCUT2D eigenvalue weighted by Crippen LogP contribution is -2.25. The summed E-state index contributed by atoms with van der Waals surface area (Å²) in [6.07, 6.45) is 5.68. The molecule has 10 heavy (non-hydrogen) atoms. The molecule has 0 aliphatic heterocycles. The van der Waals surface area contributed by atoms with Crippen molar-refractivity contribution in [2.45, 2.75) is 39.5 Å². The predicted octanol–water partition coefficient (Wildman–Crippen LogP) is 3.13. The average Bonchev–Trinajstić information content (AvgIpc) is 2.35. The van der Waals surface area contributed by atoms with Gasteiger partial charge in [-0.25, -0.2) is 0 Å². The third kappa shape index (κ3) is 1.34. The molecule has 0 aromatic rings. The largest absolute Gasteiger partial charge is 0.179 e. The molecule has 0 unspecified atom stereocenters. The molecule has 0 nitrogen and oxygen atoms in total. The molecule has 1 aliphatic carbocycles. The van der Waals surface area contributed by atoms with Crippen LogP contribution in [0, 0.1) is 11.3 Å². The Balaban J connectivity index is 2.58. The SMILES string of the molecule is CC(C)C1(CS)CCCC1. The number of thiol groups is 1. The van der Waals surface area contributed by atoms with Crippen LogP contribution in [0.2, 0.25) is 0 Å². The Morgan fingerprint density at radius 2 is 1.80 bits per heavy atom. The van der Waals surface area contributed by atoms with Crippen LogP contribution >= 0.6 is 12.6 Å². The van der Waals surface area contributed by atoms with E-state index in [4.69, 9.17) is 0 Å². The lowest BCUT2D eigenvalue weighted by molar-refractivity contribution is 0.236. The molecule has 1 aliphatic rings. The lowest BCUT2D eigenvalue weighted by atomic mass is 9.77. The van der Waals surface area contributed by atoms with Crippen molar-refractivity contribution in [3.05, 3.63) is 0 Å². The van der Waals surface area contributed by atoms with Crippen LogP contribution in [0.25, 0.3) is 0 Å². The molecule has 0 aromatic carbocycles. The van der Waals surface area contributed by atoms with E-state index in [1.807, 2.05) is 0 Å². The highest BCUT2D eigenvalue weighted by Gasteiger charge is 2.34. The van der Waals surface area contributed by atoms with Gasteiger partial charge in [0.2, 0.25) is 0 Å². The Kier molecular flexibility index (Phi) is 2.67. The number of hydrogen-bond acceptors (Lipinski definition) is 1. The summed E-state index contributed by atoms with van der Waals surface area (Å²) in [7, 11) is 0. The second-order valence-corrected chi connectivity index (χ2v) is 4.20. The van der Waals surface area contributed by atoms with Gasteiger partial charge in [-0.05, 0) is 29.9 Å². The van der Waals surface area contributed by atoms with Gasteiger partial charge in [-0.1, -0.05) is 26.7 Å². The van der Waals surface area contributed by atoms with E-state index in [2.05, 4.69) is 26.5 Å². The van der Waals surface area contributed by atoms with Crippen LogP contribution < -0.4 is 0 Å². The fourth-order valence-electron chi connectivity index (χ4n) is 2.00. The zero-order valence-corrected chi connectivity index (χ0v) is 7.95. The van der Waals surface area contributed by atoms with Gasteiger partial charge >= 0.3 is 0 Å². The highest BCUT2D eigenvalue weighted by Crippen LogP contribution is 2.44. The maximum atomic E-state index is 4.44. The second kappa shape index (κ2) is 3.17. The zero-order chi connectivity index (χ0) is 7.61. The minimum absolute atomic E-state index is 0.600. The van der Waals surface area contributed by atoms with Crippen molar-refractivity contribution in [2.75, 3.05) is 5.75 Å². The molecule has 60 valence electrons. The zero-order valence-electron chi connectivity index (χ0n) is 7.06. The standard InChI is InChI=1S/C9H18S/c1-8(2)9(7-10)5-3-4-6-9/h8,10H,3-7H2,1-2H3. The molecule has 0 amide bonds. The molecule has 1 heteroatoms. The monoisotopic (exact) mass is 158 g/mol. The van der Waals surface area contributed by atoms with E-state index in [1.165, 1.54) is 25.7 Å². The molecule has 0 spiro atoms. The summed E-state index contributed by atoms with van der Waals surface area (Å²) in [6, 6.07) is 0. The van der Waals surface area contributed by atoms with Crippen LogP contribution in [0.3, 0.4) is 0 Å². The first kappa shape index (κ1) is 8.45. The van der Waals surface area contributed by atoms with Gasteiger partial charge in [0.1, 0.15) is 0 Å². The molecule has 1 rings (SSSR count). The Labute approximate surface area is 69.8 Å². The summed E-state index contributed by atoms with van der Waals surface area (Å²) in [5.74, 6) is 1.91. The summed E-state index contributed by atoms with van der Waals surface area (Å²) >= 11 is 4.44. The van der Waals surface area contributed by atoms with Crippen molar-refractivity contribution < 1.29 is 0 Å². The van der Waals surface area contributed by atoms with E-state index in [1.54, 1.807) is 0 Å². The van der Waals surface area contributed by atoms with Crippen molar-refractivity contribution in [3.8, 4) is 0 Å². The second-order valence-electron chi connectivity index (χ2n) is 3.88. The lowest BCUT2D eigenvalue weighted by Gasteiger charge is -2.31. The normalized spacial score (nSPS) is 24.0. The van der Waals surface area contributed by atoms with Crippen LogP contribution in [0.1, 0.15) is 39.5 Å². The molecular formula is C9H18S. The Morgan fingerprint density at radius 3 is 2.00 bits per heavy atom. The molecule has 0 aromatic heterocycles. The van der Waals surface area contributed by atoms with Crippen LogP contribution in [0.15, 0.2) is 0 Å². The molecule has 0 saturated heterocycles. The first-order chi connectivity index (χ1) is 4.71. The van der Waals surface area contributed by atoms with Gasteiger partial charge < -0.3 is 0 Å². The van der Waals surface area contributed by atoms with Crippen LogP contribution in [-0.4, -0.2) is 5.75 Å². The number of hydrogen-bond donors (Lipinski definition) is 1. The average molecular weight is 158 g/mol. The molecule has 0 heterocycles. The van der Waals surface area contributed by atoms with Crippen molar-refractivity contribution in [2.24, 2.45) is 11.3 Å². The molecule has 1 saturated carbocycles. The first-order valence-electron chi connectivity index (χ1n) is 4.32. The Bertz CT molecular complexity index is 101. The fraction of sp³-hybridized carbons (Fsp3) is 1.00. The molecule has 0 bridgehead atoms. The Morgan fingerprint density at radius 1 is 1.30 bits per heavy atom. The Hall–Kier alpha value is 0.350. The predicted molar refractivity (Wildman–Crippen MR) is 49.6 cm³/mol. The molecule has 0 N–H and O–H groups in total. The van der Waals surface area contributed by atoms with E-state index in [0.29, 0.717) is 5.41 Å². The first-order valence-corrected chi connectivity index (χ1v) is 4.95. The van der Waals surface area contributed by atoms with Gasteiger partial charge in [0.15, 0.2) is 0 Å². The number of rotatable bonds is 2. The van der Waals surface area contributed by atoms with Crippen molar-refractivity contribution >= 4 is 12.6 Å². The van der Waals surface area contributed by atoms with Crippen molar-refractivity contribution in [1.29, 1.82) is 0 Å². The van der Waals surface area contributed by atoms with E-state index in [-0.39, 0.29) is 0 Å². The minimum Gasteiger partial charge on any atom is -0.179 e. The van der Waals surface area contributed by atoms with Gasteiger partial charge in [0.05, 0.1) is 0 Å². The van der Waals surface area contributed by atoms with E-state index >= 15 is 0 Å².